The van der Waals surface area contributed by atoms with Crippen molar-refractivity contribution in [3.8, 4) is 0 Å². The van der Waals surface area contributed by atoms with Crippen molar-refractivity contribution >= 4 is 11.9 Å². The van der Waals surface area contributed by atoms with E-state index in [-0.39, 0.29) is 12.1 Å². The van der Waals surface area contributed by atoms with Gasteiger partial charge in [-0.1, -0.05) is 6.42 Å². The van der Waals surface area contributed by atoms with Gasteiger partial charge >= 0.3 is 6.09 Å². The lowest BCUT2D eigenvalue weighted by Crippen LogP contribution is -2.45. The molecule has 0 saturated heterocycles. The summed E-state index contributed by atoms with van der Waals surface area (Å²) in [4.78, 5) is 16.4. The number of hydrogen-bond acceptors (Lipinski definition) is 4. The molecule has 5 heteroatoms. The summed E-state index contributed by atoms with van der Waals surface area (Å²) >= 11 is 0. The molecule has 1 saturated carbocycles. The molecule has 1 aliphatic heterocycles. The monoisotopic (exact) mass is 281 g/mol. The number of hydrogen-bond donors (Lipinski definition) is 2. The average Bonchev–Trinajstić information content (AvgIpc) is 2.38. The van der Waals surface area contributed by atoms with Crippen LogP contribution in [0.15, 0.2) is 4.99 Å². The summed E-state index contributed by atoms with van der Waals surface area (Å²) in [6, 6.07) is 0.204. The fraction of sp³-hybridized carbons (Fsp3) is 0.867. The SMILES string of the molecule is CC(C)(C)OC(=O)N[C@@H]1CCC[C@H](C2=NCCCN2)C1. The molecule has 2 N–H and O–H groups in total. The van der Waals surface area contributed by atoms with E-state index in [1.807, 2.05) is 20.8 Å². The molecular weight excluding hydrogens is 254 g/mol. The van der Waals surface area contributed by atoms with Gasteiger partial charge in [0.1, 0.15) is 5.60 Å². The zero-order chi connectivity index (χ0) is 14.6. The van der Waals surface area contributed by atoms with E-state index >= 15 is 0 Å². The van der Waals surface area contributed by atoms with Crippen molar-refractivity contribution in [2.75, 3.05) is 13.1 Å². The van der Waals surface area contributed by atoms with Crippen LogP contribution in [-0.4, -0.2) is 36.7 Å². The van der Waals surface area contributed by atoms with Crippen LogP contribution in [0.4, 0.5) is 4.79 Å². The smallest absolute Gasteiger partial charge is 0.407 e. The molecule has 5 nitrogen and oxygen atoms in total. The lowest BCUT2D eigenvalue weighted by Gasteiger charge is -2.32. The molecule has 1 heterocycles. The van der Waals surface area contributed by atoms with Crippen molar-refractivity contribution in [2.24, 2.45) is 10.9 Å². The fourth-order valence-corrected chi connectivity index (χ4v) is 2.87. The minimum Gasteiger partial charge on any atom is -0.444 e. The number of amides is 1. The molecule has 2 aliphatic rings. The highest BCUT2D eigenvalue weighted by Gasteiger charge is 2.28. The van der Waals surface area contributed by atoms with Crippen molar-refractivity contribution in [3.05, 3.63) is 0 Å². The third-order valence-electron chi connectivity index (χ3n) is 3.70. The van der Waals surface area contributed by atoms with E-state index in [4.69, 9.17) is 4.74 Å². The quantitative estimate of drug-likeness (QED) is 0.817. The summed E-state index contributed by atoms with van der Waals surface area (Å²) < 4.78 is 5.33. The Kier molecular flexibility index (Phi) is 4.89. The second kappa shape index (κ2) is 6.46. The molecule has 1 amide bonds. The summed E-state index contributed by atoms with van der Waals surface area (Å²) in [7, 11) is 0. The van der Waals surface area contributed by atoms with Gasteiger partial charge in [0.2, 0.25) is 0 Å². The molecule has 0 unspecified atom stereocenters. The molecule has 2 rings (SSSR count). The third-order valence-corrected chi connectivity index (χ3v) is 3.70. The van der Waals surface area contributed by atoms with Crippen LogP contribution in [0, 0.1) is 5.92 Å². The molecular formula is C15H27N3O2. The first kappa shape index (κ1) is 15.1. The van der Waals surface area contributed by atoms with Crippen LogP contribution in [0.2, 0.25) is 0 Å². The number of carbonyl (C=O) groups is 1. The van der Waals surface area contributed by atoms with E-state index < -0.39 is 5.60 Å². The Labute approximate surface area is 121 Å². The standard InChI is InChI=1S/C15H27N3O2/c1-15(2,3)20-14(19)18-12-7-4-6-11(10-12)13-16-8-5-9-17-13/h11-12H,4-10H2,1-3H3,(H,16,17)(H,18,19)/t11-,12+/m0/s1. The first-order valence-electron chi connectivity index (χ1n) is 7.72. The molecule has 114 valence electrons. The normalized spacial score (nSPS) is 27.2. The van der Waals surface area contributed by atoms with Gasteiger partial charge in [-0.15, -0.1) is 0 Å². The van der Waals surface area contributed by atoms with Crippen LogP contribution < -0.4 is 10.6 Å². The maximum Gasteiger partial charge on any atom is 0.407 e. The zero-order valence-electron chi connectivity index (χ0n) is 12.9. The number of carbonyl (C=O) groups excluding carboxylic acids is 1. The number of amidine groups is 1. The predicted octanol–water partition coefficient (Wildman–Crippen LogP) is 2.46. The molecule has 0 aromatic heterocycles. The summed E-state index contributed by atoms with van der Waals surface area (Å²) in [5, 5.41) is 6.41. The van der Waals surface area contributed by atoms with Crippen LogP contribution in [-0.2, 0) is 4.74 Å². The van der Waals surface area contributed by atoms with Gasteiger partial charge in [-0.05, 0) is 46.5 Å². The van der Waals surface area contributed by atoms with Gasteiger partial charge in [0.05, 0.1) is 5.84 Å². The number of nitrogens with one attached hydrogen (secondary N) is 2. The summed E-state index contributed by atoms with van der Waals surface area (Å²) in [5.74, 6) is 1.61. The van der Waals surface area contributed by atoms with Crippen LogP contribution >= 0.6 is 0 Å². The fourth-order valence-electron chi connectivity index (χ4n) is 2.87. The van der Waals surface area contributed by atoms with E-state index in [1.165, 1.54) is 6.42 Å². The molecule has 0 aromatic carbocycles. The average molecular weight is 281 g/mol. The summed E-state index contributed by atoms with van der Waals surface area (Å²) in [6.07, 6.45) is 5.11. The Hall–Kier alpha value is -1.26. The first-order chi connectivity index (χ1) is 9.44. The lowest BCUT2D eigenvalue weighted by atomic mass is 9.84. The van der Waals surface area contributed by atoms with Crippen molar-refractivity contribution in [1.29, 1.82) is 0 Å². The van der Waals surface area contributed by atoms with Gasteiger partial charge < -0.3 is 15.4 Å². The molecule has 0 radical (unpaired) electrons. The van der Waals surface area contributed by atoms with E-state index in [0.717, 1.165) is 44.6 Å². The van der Waals surface area contributed by atoms with Gasteiger partial charge in [-0.25, -0.2) is 4.79 Å². The number of alkyl carbamates (subject to hydrolysis) is 1. The Balaban J connectivity index is 1.84. The molecule has 0 bridgehead atoms. The molecule has 0 spiro atoms. The van der Waals surface area contributed by atoms with E-state index in [1.54, 1.807) is 0 Å². The number of ether oxygens (including phenoxy) is 1. The largest absolute Gasteiger partial charge is 0.444 e. The Morgan fingerprint density at radius 3 is 2.80 bits per heavy atom. The van der Waals surface area contributed by atoms with Crippen molar-refractivity contribution in [3.63, 3.8) is 0 Å². The third kappa shape index (κ3) is 4.69. The highest BCUT2D eigenvalue weighted by atomic mass is 16.6. The number of aliphatic imine (C=N–C) groups is 1. The Bertz CT molecular complexity index is 374. The minimum atomic E-state index is -0.437. The number of nitrogens with zero attached hydrogens (tertiary/aromatic N) is 1. The molecule has 0 aromatic rings. The van der Waals surface area contributed by atoms with E-state index in [0.29, 0.717) is 5.92 Å². The first-order valence-corrected chi connectivity index (χ1v) is 7.72. The molecule has 20 heavy (non-hydrogen) atoms. The Morgan fingerprint density at radius 2 is 2.15 bits per heavy atom. The van der Waals surface area contributed by atoms with Crippen LogP contribution in [0.25, 0.3) is 0 Å². The van der Waals surface area contributed by atoms with E-state index in [9.17, 15) is 4.79 Å². The van der Waals surface area contributed by atoms with Gasteiger partial charge in [-0.2, -0.15) is 0 Å². The topological polar surface area (TPSA) is 62.7 Å². The van der Waals surface area contributed by atoms with E-state index in [2.05, 4.69) is 15.6 Å². The minimum absolute atomic E-state index is 0.204. The summed E-state index contributed by atoms with van der Waals surface area (Å²) in [6.45, 7) is 7.62. The van der Waals surface area contributed by atoms with Crippen LogP contribution in [0.3, 0.4) is 0 Å². The molecule has 1 fully saturated rings. The van der Waals surface area contributed by atoms with Gasteiger partial charge in [-0.3, -0.25) is 4.99 Å². The second-order valence-electron chi connectivity index (χ2n) is 6.75. The van der Waals surface area contributed by atoms with Crippen molar-refractivity contribution < 1.29 is 9.53 Å². The van der Waals surface area contributed by atoms with Gasteiger partial charge in [0, 0.05) is 25.0 Å². The highest BCUT2D eigenvalue weighted by Crippen LogP contribution is 2.26. The Morgan fingerprint density at radius 1 is 1.35 bits per heavy atom. The predicted molar refractivity (Wildman–Crippen MR) is 80.0 cm³/mol. The zero-order valence-corrected chi connectivity index (χ0v) is 12.9. The van der Waals surface area contributed by atoms with Gasteiger partial charge in [0.25, 0.3) is 0 Å². The van der Waals surface area contributed by atoms with Crippen molar-refractivity contribution in [1.82, 2.24) is 10.6 Å². The maximum atomic E-state index is 11.8. The molecule has 1 aliphatic carbocycles. The second-order valence-corrected chi connectivity index (χ2v) is 6.75. The van der Waals surface area contributed by atoms with Crippen molar-refractivity contribution in [2.45, 2.75) is 64.5 Å². The molecule has 2 atom stereocenters. The number of rotatable bonds is 2. The maximum absolute atomic E-state index is 11.8. The summed E-state index contributed by atoms with van der Waals surface area (Å²) in [5.41, 5.74) is -0.437. The van der Waals surface area contributed by atoms with Gasteiger partial charge in [0.15, 0.2) is 0 Å². The van der Waals surface area contributed by atoms with Crippen LogP contribution in [0.1, 0.15) is 52.9 Å². The highest BCUT2D eigenvalue weighted by molar-refractivity contribution is 5.85. The lowest BCUT2D eigenvalue weighted by molar-refractivity contribution is 0.0489. The van der Waals surface area contributed by atoms with Crippen LogP contribution in [0.5, 0.6) is 0 Å².